The normalized spacial score (nSPS) is 12.8. The molecule has 1 unspecified atom stereocenters. The van der Waals surface area contributed by atoms with Gasteiger partial charge in [0.15, 0.2) is 0 Å². The fourth-order valence-electron chi connectivity index (χ4n) is 4.69. The van der Waals surface area contributed by atoms with Crippen LogP contribution in [-0.2, 0) is 14.6 Å². The number of hydrogen-bond donors (Lipinski definition) is 0. The van der Waals surface area contributed by atoms with Gasteiger partial charge in [-0.05, 0) is 19.3 Å². The van der Waals surface area contributed by atoms with Crippen molar-refractivity contribution >= 4 is 10.4 Å². The average molecular weight is 555 g/mol. The van der Waals surface area contributed by atoms with E-state index >= 15 is 0 Å². The summed E-state index contributed by atoms with van der Waals surface area (Å²) in [5.74, 6) is 0.0185. The molecule has 0 aromatic carbocycles. The summed E-state index contributed by atoms with van der Waals surface area (Å²) in [6.07, 6.45) is 35.1. The molecule has 0 spiro atoms. The van der Waals surface area contributed by atoms with Crippen LogP contribution < -0.4 is 51.4 Å². The van der Waals surface area contributed by atoms with Gasteiger partial charge in [0.05, 0.1) is 6.61 Å². The Morgan fingerprint density at radius 3 is 1.36 bits per heavy atom. The van der Waals surface area contributed by atoms with Crippen molar-refractivity contribution in [1.82, 2.24) is 0 Å². The fourth-order valence-corrected chi connectivity index (χ4v) is 5.03. The van der Waals surface area contributed by atoms with Crippen molar-refractivity contribution in [3.8, 4) is 0 Å². The molecule has 1 atom stereocenters. The van der Waals surface area contributed by atoms with Crippen molar-refractivity contribution in [2.24, 2.45) is 5.92 Å². The molecule has 0 amide bonds. The van der Waals surface area contributed by atoms with Gasteiger partial charge in [0.25, 0.3) is 0 Å². The Morgan fingerprint density at radius 2 is 0.972 bits per heavy atom. The summed E-state index contributed by atoms with van der Waals surface area (Å²) in [6, 6.07) is 0. The molecule has 0 aromatic heterocycles. The van der Waals surface area contributed by atoms with Crippen molar-refractivity contribution in [2.45, 2.75) is 168 Å². The summed E-state index contributed by atoms with van der Waals surface area (Å²) in [4.78, 5) is 0. The molecule has 4 nitrogen and oxygen atoms in total. The smallest absolute Gasteiger partial charge is 0.726 e. The molecule has 0 rings (SSSR count). The Bertz CT molecular complexity index is 551. The Kier molecular flexibility index (Phi) is 33.7. The van der Waals surface area contributed by atoms with E-state index in [0.717, 1.165) is 19.3 Å². The summed E-state index contributed by atoms with van der Waals surface area (Å²) in [5, 5.41) is 0. The standard InChI is InChI=1S/C30H60O4S.K/c1-3-5-7-9-11-13-15-16-18-20-22-24-26-28-30(29-34-35(31,32)33)27-25-23-21-19-17-14-12-10-8-6-4-2;/h26,28,30H,3-25,27,29H2,1-2H3,(H,31,32,33);/q;+1/p-1/b28-26+;. The minimum atomic E-state index is -4.61. The van der Waals surface area contributed by atoms with E-state index in [1.807, 2.05) is 0 Å². The van der Waals surface area contributed by atoms with E-state index < -0.39 is 10.4 Å². The first-order chi connectivity index (χ1) is 17.0. The van der Waals surface area contributed by atoms with Crippen molar-refractivity contribution in [3.05, 3.63) is 12.2 Å². The first-order valence-corrected chi connectivity index (χ1v) is 16.6. The van der Waals surface area contributed by atoms with Crippen LogP contribution in [0, 0.1) is 5.92 Å². The van der Waals surface area contributed by atoms with Gasteiger partial charge in [0, 0.05) is 5.92 Å². The molecule has 0 radical (unpaired) electrons. The minimum Gasteiger partial charge on any atom is -0.726 e. The summed E-state index contributed by atoms with van der Waals surface area (Å²) in [6.45, 7) is 4.50. The average Bonchev–Trinajstić information content (AvgIpc) is 2.82. The van der Waals surface area contributed by atoms with Crippen LogP contribution in [0.15, 0.2) is 12.2 Å². The predicted molar refractivity (Wildman–Crippen MR) is 150 cm³/mol. The predicted octanol–water partition coefficient (Wildman–Crippen LogP) is 7.04. The van der Waals surface area contributed by atoms with E-state index in [4.69, 9.17) is 0 Å². The van der Waals surface area contributed by atoms with Crippen LogP contribution in [0.5, 0.6) is 0 Å². The van der Waals surface area contributed by atoms with Crippen LogP contribution in [0.25, 0.3) is 0 Å². The summed E-state index contributed by atoms with van der Waals surface area (Å²) in [5.41, 5.74) is 0. The molecule has 0 N–H and O–H groups in total. The van der Waals surface area contributed by atoms with Crippen LogP contribution in [0.1, 0.15) is 168 Å². The van der Waals surface area contributed by atoms with E-state index in [2.05, 4.69) is 30.2 Å². The molecule has 0 bridgehead atoms. The second kappa shape index (κ2) is 30.8. The number of rotatable bonds is 28. The molecule has 0 fully saturated rings. The molecule has 36 heavy (non-hydrogen) atoms. The second-order valence-corrected chi connectivity index (χ2v) is 11.6. The third-order valence-corrected chi connectivity index (χ3v) is 7.41. The maximum Gasteiger partial charge on any atom is 1.00 e. The van der Waals surface area contributed by atoms with E-state index in [9.17, 15) is 13.0 Å². The summed E-state index contributed by atoms with van der Waals surface area (Å²) < 4.78 is 37.2. The molecule has 210 valence electrons. The zero-order chi connectivity index (χ0) is 25.9. The van der Waals surface area contributed by atoms with Gasteiger partial charge in [-0.2, -0.15) is 0 Å². The quantitative estimate of drug-likeness (QED) is 0.0342. The van der Waals surface area contributed by atoms with Gasteiger partial charge >= 0.3 is 51.4 Å². The summed E-state index contributed by atoms with van der Waals surface area (Å²) in [7, 11) is -4.61. The van der Waals surface area contributed by atoms with Crippen molar-refractivity contribution in [3.63, 3.8) is 0 Å². The van der Waals surface area contributed by atoms with E-state index in [1.165, 1.54) is 135 Å². The zero-order valence-corrected chi connectivity index (χ0v) is 28.4. The van der Waals surface area contributed by atoms with E-state index in [0.29, 0.717) is 0 Å². The molecule has 0 saturated carbocycles. The SMILES string of the molecule is CCCCCCCCCCCCC/C=C/C(CCCCCCCCCCCCC)COS(=O)(=O)[O-].[K+]. The Balaban J connectivity index is 0. The minimum absolute atomic E-state index is 0. The Labute approximate surface area is 269 Å². The molecule has 0 aliphatic rings. The zero-order valence-electron chi connectivity index (χ0n) is 24.5. The Morgan fingerprint density at radius 1 is 0.611 bits per heavy atom. The number of hydrogen-bond acceptors (Lipinski definition) is 4. The summed E-state index contributed by atoms with van der Waals surface area (Å²) >= 11 is 0. The molecule has 0 aromatic rings. The first kappa shape index (κ1) is 39.4. The molecular weight excluding hydrogens is 495 g/mol. The molecule has 6 heteroatoms. The molecule has 0 aliphatic carbocycles. The second-order valence-electron chi connectivity index (χ2n) is 10.5. The van der Waals surface area contributed by atoms with Gasteiger partial charge in [-0.15, -0.1) is 0 Å². The first-order valence-electron chi connectivity index (χ1n) is 15.3. The van der Waals surface area contributed by atoms with Crippen molar-refractivity contribution in [1.29, 1.82) is 0 Å². The largest absolute Gasteiger partial charge is 1.00 e. The maximum atomic E-state index is 10.9. The van der Waals surface area contributed by atoms with Crippen LogP contribution in [0.2, 0.25) is 0 Å². The van der Waals surface area contributed by atoms with Crippen LogP contribution in [0.4, 0.5) is 0 Å². The third kappa shape index (κ3) is 33.3. The monoisotopic (exact) mass is 554 g/mol. The fraction of sp³-hybridized carbons (Fsp3) is 0.933. The van der Waals surface area contributed by atoms with Gasteiger partial charge < -0.3 is 4.55 Å². The van der Waals surface area contributed by atoms with Gasteiger partial charge in [0.1, 0.15) is 0 Å². The number of allylic oxidation sites excluding steroid dienone is 1. The van der Waals surface area contributed by atoms with E-state index in [-0.39, 0.29) is 63.9 Å². The molecule has 0 heterocycles. The van der Waals surface area contributed by atoms with Gasteiger partial charge in [-0.1, -0.05) is 161 Å². The van der Waals surface area contributed by atoms with Crippen LogP contribution >= 0.6 is 0 Å². The van der Waals surface area contributed by atoms with Gasteiger partial charge in [-0.25, -0.2) is 8.42 Å². The maximum absolute atomic E-state index is 10.9. The van der Waals surface area contributed by atoms with Gasteiger partial charge in [0.2, 0.25) is 10.4 Å². The molecule has 0 aliphatic heterocycles. The Hall–Kier alpha value is 1.25. The third-order valence-electron chi connectivity index (χ3n) is 6.99. The molecule has 0 saturated heterocycles. The van der Waals surface area contributed by atoms with Crippen LogP contribution in [-0.4, -0.2) is 19.6 Å². The van der Waals surface area contributed by atoms with Gasteiger partial charge in [-0.3, -0.25) is 4.18 Å². The topological polar surface area (TPSA) is 66.4 Å². The molecular formula is C30H59KO4S. The number of unbranched alkanes of at least 4 members (excludes halogenated alkanes) is 21. The van der Waals surface area contributed by atoms with Crippen molar-refractivity contribution in [2.75, 3.05) is 6.61 Å². The van der Waals surface area contributed by atoms with E-state index in [1.54, 1.807) is 0 Å². The van der Waals surface area contributed by atoms with Crippen molar-refractivity contribution < 1.29 is 68.5 Å². The van der Waals surface area contributed by atoms with Crippen LogP contribution in [0.3, 0.4) is 0 Å².